The summed E-state index contributed by atoms with van der Waals surface area (Å²) in [7, 11) is 2.86. The first kappa shape index (κ1) is 14.6. The SMILES string of the molecule is Cn1c(=O)[nH]c2c(c1=O)[n+](=O)c(/C=C/c1ccccc1)nn2C. The maximum absolute atomic E-state index is 12.4. The van der Waals surface area contributed by atoms with Gasteiger partial charge in [0, 0.05) is 17.6 Å². The first-order valence-electron chi connectivity index (χ1n) is 6.85. The zero-order valence-electron chi connectivity index (χ0n) is 12.6. The van der Waals surface area contributed by atoms with Crippen molar-refractivity contribution in [1.29, 1.82) is 0 Å². The third-order valence-corrected chi connectivity index (χ3v) is 3.47. The summed E-state index contributed by atoms with van der Waals surface area (Å²) in [6.45, 7) is 0. The number of hydrogen-bond donors (Lipinski definition) is 1. The van der Waals surface area contributed by atoms with Crippen molar-refractivity contribution in [2.45, 2.75) is 0 Å². The van der Waals surface area contributed by atoms with Crippen molar-refractivity contribution in [3.8, 4) is 0 Å². The number of H-pyrrole nitrogens is 1. The van der Waals surface area contributed by atoms with Gasteiger partial charge in [-0.05, 0) is 11.6 Å². The molecule has 2 heterocycles. The van der Waals surface area contributed by atoms with Gasteiger partial charge in [0.2, 0.25) is 5.65 Å². The first-order chi connectivity index (χ1) is 11.0. The van der Waals surface area contributed by atoms with E-state index in [4.69, 9.17) is 0 Å². The molecule has 3 rings (SSSR count). The predicted molar refractivity (Wildman–Crippen MR) is 85.3 cm³/mol. The zero-order valence-corrected chi connectivity index (χ0v) is 12.6. The van der Waals surface area contributed by atoms with Gasteiger partial charge in [-0.1, -0.05) is 35.2 Å². The second kappa shape index (κ2) is 5.48. The number of benzene rings is 1. The van der Waals surface area contributed by atoms with E-state index in [1.807, 2.05) is 30.3 Å². The number of nitrogens with one attached hydrogen (secondary N) is 1. The predicted octanol–water partition coefficient (Wildman–Crippen LogP) is 0.0452. The van der Waals surface area contributed by atoms with Gasteiger partial charge in [0.15, 0.2) is 0 Å². The van der Waals surface area contributed by atoms with Crippen LogP contribution < -0.4 is 15.7 Å². The molecular weight excluding hydrogens is 298 g/mol. The summed E-state index contributed by atoms with van der Waals surface area (Å²) in [5, 5.41) is 4.09. The monoisotopic (exact) mass is 312 g/mol. The highest BCUT2D eigenvalue weighted by Crippen LogP contribution is 2.04. The van der Waals surface area contributed by atoms with Crippen LogP contribution in [0.25, 0.3) is 23.3 Å². The molecule has 3 aromatic rings. The highest BCUT2D eigenvalue weighted by molar-refractivity contribution is 5.68. The Balaban J connectivity index is 2.27. The maximum Gasteiger partial charge on any atom is 0.392 e. The Morgan fingerprint density at radius 1 is 1.13 bits per heavy atom. The topological polar surface area (TPSA) is 95.7 Å². The highest BCUT2D eigenvalue weighted by atomic mass is 16.3. The number of aromatic amines is 1. The van der Waals surface area contributed by atoms with Gasteiger partial charge < -0.3 is 0 Å². The fraction of sp³-hybridized carbons (Fsp3) is 0.133. The number of hydrogen-bond acceptors (Lipinski definition) is 4. The Kier molecular flexibility index (Phi) is 3.49. The van der Waals surface area contributed by atoms with Crippen molar-refractivity contribution >= 4 is 23.3 Å². The Morgan fingerprint density at radius 3 is 2.52 bits per heavy atom. The van der Waals surface area contributed by atoms with E-state index in [0.29, 0.717) is 4.43 Å². The molecule has 0 atom stereocenters. The van der Waals surface area contributed by atoms with Crippen molar-refractivity contribution in [2.75, 3.05) is 0 Å². The fourth-order valence-corrected chi connectivity index (χ4v) is 2.21. The summed E-state index contributed by atoms with van der Waals surface area (Å²) in [6.07, 6.45) is 3.24. The molecule has 0 unspecified atom stereocenters. The van der Waals surface area contributed by atoms with Crippen molar-refractivity contribution in [1.82, 2.24) is 19.3 Å². The van der Waals surface area contributed by atoms with Gasteiger partial charge in [-0.2, -0.15) is 4.68 Å². The number of aromatic nitrogens is 5. The van der Waals surface area contributed by atoms with E-state index in [2.05, 4.69) is 10.1 Å². The molecular formula is C15H14N5O3+. The molecule has 23 heavy (non-hydrogen) atoms. The minimum Gasteiger partial charge on any atom is -0.287 e. The number of rotatable bonds is 2. The lowest BCUT2D eigenvalue weighted by molar-refractivity contribution is -0.473. The molecule has 0 aliphatic carbocycles. The average Bonchev–Trinajstić information content (AvgIpc) is 2.55. The van der Waals surface area contributed by atoms with Crippen LogP contribution >= 0.6 is 0 Å². The summed E-state index contributed by atoms with van der Waals surface area (Å²) < 4.78 is 2.58. The number of fused-ring (bicyclic) bond motifs is 1. The molecule has 0 bridgehead atoms. The van der Waals surface area contributed by atoms with Crippen molar-refractivity contribution in [3.63, 3.8) is 0 Å². The third kappa shape index (κ3) is 2.50. The molecule has 1 N–H and O–H groups in total. The molecule has 8 nitrogen and oxygen atoms in total. The van der Waals surface area contributed by atoms with Crippen molar-refractivity contribution < 1.29 is 4.43 Å². The molecule has 1 aromatic carbocycles. The summed E-state index contributed by atoms with van der Waals surface area (Å²) in [5.41, 5.74) is -0.479. The lowest BCUT2D eigenvalue weighted by Crippen LogP contribution is -2.40. The Bertz CT molecular complexity index is 1090. The quantitative estimate of drug-likeness (QED) is 0.676. The van der Waals surface area contributed by atoms with Gasteiger partial charge in [0.05, 0.1) is 12.1 Å². The summed E-state index contributed by atoms with van der Waals surface area (Å²) >= 11 is 0. The molecule has 0 fully saturated rings. The molecule has 0 aliphatic heterocycles. The van der Waals surface area contributed by atoms with Crippen molar-refractivity contribution in [3.05, 3.63) is 67.5 Å². The van der Waals surface area contributed by atoms with Gasteiger partial charge in [0.25, 0.3) is 5.52 Å². The standard InChI is InChI=1S/C15H13N5O3/c1-18-14(21)12-13(16-15(18)22)19(2)17-11(20(12)23)9-8-10-6-4-3-5-7-10/h3-9H,1-2H3/p+1/b9-8+. The van der Waals surface area contributed by atoms with E-state index in [0.717, 1.165) is 10.1 Å². The Hall–Kier alpha value is -3.29. The summed E-state index contributed by atoms with van der Waals surface area (Å²) in [4.78, 5) is 38.8. The molecule has 0 aliphatic rings. The van der Waals surface area contributed by atoms with Crippen LogP contribution in [0.2, 0.25) is 0 Å². The van der Waals surface area contributed by atoms with Crippen LogP contribution in [-0.2, 0) is 14.1 Å². The van der Waals surface area contributed by atoms with Crippen LogP contribution in [0.5, 0.6) is 0 Å². The summed E-state index contributed by atoms with van der Waals surface area (Å²) in [5.74, 6) is 0.0491. The summed E-state index contributed by atoms with van der Waals surface area (Å²) in [6, 6.07) is 9.39. The van der Waals surface area contributed by atoms with Gasteiger partial charge in [0.1, 0.15) is 0 Å². The van der Waals surface area contributed by atoms with E-state index >= 15 is 0 Å². The van der Waals surface area contributed by atoms with Crippen LogP contribution in [0.4, 0.5) is 0 Å². The maximum atomic E-state index is 12.4. The van der Waals surface area contributed by atoms with E-state index in [1.165, 1.54) is 17.8 Å². The van der Waals surface area contributed by atoms with Crippen LogP contribution in [-0.4, -0.2) is 19.3 Å². The Morgan fingerprint density at radius 2 is 1.83 bits per heavy atom. The van der Waals surface area contributed by atoms with Crippen LogP contribution in [0.3, 0.4) is 0 Å². The number of nitrogens with zero attached hydrogens (tertiary/aromatic N) is 4. The van der Waals surface area contributed by atoms with Crippen molar-refractivity contribution in [2.24, 2.45) is 14.1 Å². The average molecular weight is 312 g/mol. The van der Waals surface area contributed by atoms with Gasteiger partial charge in [-0.15, -0.1) is 0 Å². The zero-order chi connectivity index (χ0) is 16.6. The van der Waals surface area contributed by atoms with Crippen LogP contribution in [0, 0.1) is 4.91 Å². The molecule has 2 aromatic heterocycles. The largest absolute Gasteiger partial charge is 0.392 e. The number of aryl methyl sites for hydroxylation is 1. The smallest absolute Gasteiger partial charge is 0.287 e. The lowest BCUT2D eigenvalue weighted by atomic mass is 10.2. The highest BCUT2D eigenvalue weighted by Gasteiger charge is 2.21. The van der Waals surface area contributed by atoms with Gasteiger partial charge in [-0.25, -0.2) is 4.79 Å². The first-order valence-corrected chi connectivity index (χ1v) is 6.85. The van der Waals surface area contributed by atoms with E-state index in [1.54, 1.807) is 13.1 Å². The van der Waals surface area contributed by atoms with E-state index in [9.17, 15) is 14.5 Å². The van der Waals surface area contributed by atoms with E-state index < -0.39 is 11.2 Å². The minimum absolute atomic E-state index is 0.0491. The molecule has 0 spiro atoms. The fourth-order valence-electron chi connectivity index (χ4n) is 2.21. The van der Waals surface area contributed by atoms with E-state index in [-0.39, 0.29) is 17.0 Å². The lowest BCUT2D eigenvalue weighted by Gasteiger charge is -1.99. The Labute approximate surface area is 129 Å². The van der Waals surface area contributed by atoms with Gasteiger partial charge >= 0.3 is 17.1 Å². The molecule has 0 saturated carbocycles. The van der Waals surface area contributed by atoms with Gasteiger partial charge in [-0.3, -0.25) is 14.3 Å². The second-order valence-electron chi connectivity index (χ2n) is 5.01. The van der Waals surface area contributed by atoms with Crippen LogP contribution in [0.1, 0.15) is 11.4 Å². The molecule has 8 heteroatoms. The molecule has 0 amide bonds. The third-order valence-electron chi connectivity index (χ3n) is 3.47. The molecule has 0 radical (unpaired) electrons. The molecule has 0 saturated heterocycles. The minimum atomic E-state index is -0.675. The normalized spacial score (nSPS) is 11.4. The second-order valence-corrected chi connectivity index (χ2v) is 5.01. The van der Waals surface area contributed by atoms with Crippen LogP contribution in [0.15, 0.2) is 39.9 Å². The molecule has 116 valence electrons.